The van der Waals surface area contributed by atoms with Gasteiger partial charge in [0.2, 0.25) is 0 Å². The summed E-state index contributed by atoms with van der Waals surface area (Å²) >= 11 is 0. The molecule has 1 aromatic rings. The van der Waals surface area contributed by atoms with Crippen LogP contribution in [0.4, 0.5) is 0 Å². The van der Waals surface area contributed by atoms with Crippen LogP contribution in [0.15, 0.2) is 18.2 Å². The quantitative estimate of drug-likeness (QED) is 0.823. The first-order valence-corrected chi connectivity index (χ1v) is 6.57. The minimum absolute atomic E-state index is 0.353. The average Bonchev–Trinajstić information content (AvgIpc) is 2.32. The maximum atomic E-state index is 10.8. The summed E-state index contributed by atoms with van der Waals surface area (Å²) in [6, 6.07) is 6.09. The number of nitrogens with zero attached hydrogens (tertiary/aromatic N) is 1. The molecule has 0 heterocycles. The van der Waals surface area contributed by atoms with Crippen molar-refractivity contribution in [1.29, 1.82) is 0 Å². The normalized spacial score (nSPS) is 12.5. The zero-order chi connectivity index (χ0) is 14.4. The van der Waals surface area contributed by atoms with E-state index in [0.717, 1.165) is 17.9 Å². The fraction of sp³-hybridized carbons (Fsp3) is 0.533. The van der Waals surface area contributed by atoms with Gasteiger partial charge in [-0.3, -0.25) is 4.79 Å². The van der Waals surface area contributed by atoms with Crippen LogP contribution in [0.2, 0.25) is 0 Å². The molecule has 0 fully saturated rings. The van der Waals surface area contributed by atoms with Gasteiger partial charge < -0.3 is 14.7 Å². The zero-order valence-electron chi connectivity index (χ0n) is 12.1. The molecule has 0 amide bonds. The molecule has 1 aromatic carbocycles. The highest BCUT2D eigenvalue weighted by atomic mass is 16.5. The lowest BCUT2D eigenvalue weighted by Crippen LogP contribution is -2.28. The van der Waals surface area contributed by atoms with Gasteiger partial charge in [-0.05, 0) is 38.1 Å². The number of benzene rings is 1. The number of carboxylic acid groups (broad SMARTS) is 1. The second-order valence-corrected chi connectivity index (χ2v) is 4.97. The van der Waals surface area contributed by atoms with E-state index in [1.54, 1.807) is 6.92 Å². The maximum Gasteiger partial charge on any atom is 0.307 e. The predicted octanol–water partition coefficient (Wildman–Crippen LogP) is 2.55. The topological polar surface area (TPSA) is 49.8 Å². The van der Waals surface area contributed by atoms with Crippen molar-refractivity contribution in [2.24, 2.45) is 5.92 Å². The Labute approximate surface area is 115 Å². The monoisotopic (exact) mass is 265 g/mol. The SMILES string of the molecule is CCOc1ccc(CN(C)CC(C)C(=O)O)cc1C. The van der Waals surface area contributed by atoms with Gasteiger partial charge in [-0.2, -0.15) is 0 Å². The first-order chi connectivity index (χ1) is 8.93. The van der Waals surface area contributed by atoms with Crippen LogP contribution in [0.1, 0.15) is 25.0 Å². The molecule has 1 unspecified atom stereocenters. The Kier molecular flexibility index (Phi) is 5.83. The fourth-order valence-electron chi connectivity index (χ4n) is 2.05. The number of aryl methyl sites for hydroxylation is 1. The number of aliphatic carboxylic acids is 1. The molecule has 0 spiro atoms. The van der Waals surface area contributed by atoms with Gasteiger partial charge >= 0.3 is 5.97 Å². The van der Waals surface area contributed by atoms with E-state index in [2.05, 4.69) is 6.07 Å². The predicted molar refractivity (Wildman–Crippen MR) is 75.5 cm³/mol. The largest absolute Gasteiger partial charge is 0.494 e. The fourth-order valence-corrected chi connectivity index (χ4v) is 2.05. The van der Waals surface area contributed by atoms with Crippen molar-refractivity contribution >= 4 is 5.97 Å². The third-order valence-corrected chi connectivity index (χ3v) is 3.00. The van der Waals surface area contributed by atoms with Gasteiger partial charge in [0.25, 0.3) is 0 Å². The van der Waals surface area contributed by atoms with Crippen molar-refractivity contribution in [3.05, 3.63) is 29.3 Å². The molecule has 0 radical (unpaired) electrons. The van der Waals surface area contributed by atoms with Crippen LogP contribution in [0, 0.1) is 12.8 Å². The highest BCUT2D eigenvalue weighted by molar-refractivity contribution is 5.69. The van der Waals surface area contributed by atoms with Gasteiger partial charge in [-0.1, -0.05) is 19.1 Å². The number of rotatable bonds is 7. The number of carboxylic acids is 1. The molecule has 106 valence electrons. The minimum atomic E-state index is -0.755. The summed E-state index contributed by atoms with van der Waals surface area (Å²) in [6.07, 6.45) is 0. The number of carbonyl (C=O) groups is 1. The highest BCUT2D eigenvalue weighted by Crippen LogP contribution is 2.20. The van der Waals surface area contributed by atoms with E-state index in [0.29, 0.717) is 13.2 Å². The summed E-state index contributed by atoms with van der Waals surface area (Å²) in [5.74, 6) is -0.198. The maximum absolute atomic E-state index is 10.8. The van der Waals surface area contributed by atoms with E-state index in [-0.39, 0.29) is 5.92 Å². The van der Waals surface area contributed by atoms with Crippen LogP contribution < -0.4 is 4.74 Å². The first kappa shape index (κ1) is 15.5. The second kappa shape index (κ2) is 7.14. The third kappa shape index (κ3) is 4.91. The summed E-state index contributed by atoms with van der Waals surface area (Å²) < 4.78 is 5.50. The van der Waals surface area contributed by atoms with Gasteiger partial charge in [0, 0.05) is 13.1 Å². The Hall–Kier alpha value is -1.55. The van der Waals surface area contributed by atoms with Crippen molar-refractivity contribution in [3.63, 3.8) is 0 Å². The lowest BCUT2D eigenvalue weighted by Gasteiger charge is -2.19. The molecule has 1 N–H and O–H groups in total. The van der Waals surface area contributed by atoms with E-state index >= 15 is 0 Å². The summed E-state index contributed by atoms with van der Waals surface area (Å²) in [6.45, 7) is 7.66. The van der Waals surface area contributed by atoms with Crippen molar-refractivity contribution in [3.8, 4) is 5.75 Å². The molecular weight excluding hydrogens is 242 g/mol. The highest BCUT2D eigenvalue weighted by Gasteiger charge is 2.13. The third-order valence-electron chi connectivity index (χ3n) is 3.00. The minimum Gasteiger partial charge on any atom is -0.494 e. The van der Waals surface area contributed by atoms with E-state index < -0.39 is 5.97 Å². The molecule has 0 saturated heterocycles. The van der Waals surface area contributed by atoms with Crippen LogP contribution in [0.3, 0.4) is 0 Å². The Bertz CT molecular complexity index is 431. The van der Waals surface area contributed by atoms with E-state index in [9.17, 15) is 4.79 Å². The van der Waals surface area contributed by atoms with Crippen LogP contribution in [-0.2, 0) is 11.3 Å². The Balaban J connectivity index is 2.62. The van der Waals surface area contributed by atoms with Gasteiger partial charge in [0.05, 0.1) is 12.5 Å². The lowest BCUT2D eigenvalue weighted by molar-refractivity contribution is -0.141. The molecule has 0 aliphatic rings. The van der Waals surface area contributed by atoms with E-state index in [1.807, 2.05) is 37.9 Å². The summed E-state index contributed by atoms with van der Waals surface area (Å²) in [5, 5.41) is 8.89. The Morgan fingerprint density at radius 2 is 2.16 bits per heavy atom. The van der Waals surface area contributed by atoms with Gasteiger partial charge in [0.1, 0.15) is 5.75 Å². The van der Waals surface area contributed by atoms with E-state index in [4.69, 9.17) is 9.84 Å². The van der Waals surface area contributed by atoms with Crippen LogP contribution >= 0.6 is 0 Å². The standard InChI is InChI=1S/C15H23NO3/c1-5-19-14-7-6-13(8-11(14)2)10-16(4)9-12(3)15(17)18/h6-8,12H,5,9-10H2,1-4H3,(H,17,18). The zero-order valence-corrected chi connectivity index (χ0v) is 12.1. The van der Waals surface area contributed by atoms with Crippen molar-refractivity contribution < 1.29 is 14.6 Å². The van der Waals surface area contributed by atoms with Crippen LogP contribution in [0.5, 0.6) is 5.75 Å². The summed E-state index contributed by atoms with van der Waals surface area (Å²) in [7, 11) is 1.94. The molecule has 0 bridgehead atoms. The molecule has 4 heteroatoms. The molecule has 19 heavy (non-hydrogen) atoms. The lowest BCUT2D eigenvalue weighted by atomic mass is 10.1. The van der Waals surface area contributed by atoms with Crippen molar-refractivity contribution in [2.45, 2.75) is 27.3 Å². The number of ether oxygens (including phenoxy) is 1. The molecule has 1 atom stereocenters. The van der Waals surface area contributed by atoms with Crippen LogP contribution in [-0.4, -0.2) is 36.2 Å². The number of hydrogen-bond acceptors (Lipinski definition) is 3. The van der Waals surface area contributed by atoms with Crippen LogP contribution in [0.25, 0.3) is 0 Å². The van der Waals surface area contributed by atoms with E-state index in [1.165, 1.54) is 5.56 Å². The molecule has 4 nitrogen and oxygen atoms in total. The average molecular weight is 265 g/mol. The molecule has 0 aromatic heterocycles. The van der Waals surface area contributed by atoms with Gasteiger partial charge in [-0.25, -0.2) is 0 Å². The first-order valence-electron chi connectivity index (χ1n) is 6.57. The number of hydrogen-bond donors (Lipinski definition) is 1. The molecule has 0 saturated carbocycles. The Morgan fingerprint density at radius 3 is 2.68 bits per heavy atom. The molecule has 1 rings (SSSR count). The molecule has 0 aliphatic heterocycles. The second-order valence-electron chi connectivity index (χ2n) is 4.97. The smallest absolute Gasteiger partial charge is 0.307 e. The van der Waals surface area contributed by atoms with Gasteiger partial charge in [0.15, 0.2) is 0 Å². The summed E-state index contributed by atoms with van der Waals surface area (Å²) in [5.41, 5.74) is 2.28. The van der Waals surface area contributed by atoms with Crippen molar-refractivity contribution in [1.82, 2.24) is 4.90 Å². The summed E-state index contributed by atoms with van der Waals surface area (Å²) in [4.78, 5) is 12.8. The van der Waals surface area contributed by atoms with Crippen molar-refractivity contribution in [2.75, 3.05) is 20.2 Å². The molecule has 0 aliphatic carbocycles. The molecular formula is C15H23NO3. The Morgan fingerprint density at radius 1 is 1.47 bits per heavy atom. The van der Waals surface area contributed by atoms with Gasteiger partial charge in [-0.15, -0.1) is 0 Å².